The second-order valence-electron chi connectivity index (χ2n) is 4.07. The molecule has 0 aliphatic rings. The summed E-state index contributed by atoms with van der Waals surface area (Å²) < 4.78 is 4.94. The monoisotopic (exact) mass is 272 g/mol. The normalized spacial score (nSPS) is 10.1. The van der Waals surface area contributed by atoms with Gasteiger partial charge in [-0.05, 0) is 23.8 Å². The molecule has 0 atom stereocenters. The highest BCUT2D eigenvalue weighted by Crippen LogP contribution is 2.31. The molecule has 2 rings (SSSR count). The number of ketones is 1. The molecular weight excluding hydrogens is 260 g/mol. The maximum absolute atomic E-state index is 12.2. The lowest BCUT2D eigenvalue weighted by atomic mass is 10.0. The van der Waals surface area contributed by atoms with Crippen molar-refractivity contribution >= 4 is 11.5 Å². The Bertz CT molecular complexity index is 641. The fraction of sp³-hybridized carbons (Fsp3) is 0.143. The average Bonchev–Trinajstić information content (AvgIpc) is 2.47. The Morgan fingerprint density at radius 2 is 2.15 bits per heavy atom. The van der Waals surface area contributed by atoms with Gasteiger partial charge in [-0.1, -0.05) is 12.1 Å². The quantitative estimate of drug-likeness (QED) is 0.474. The summed E-state index contributed by atoms with van der Waals surface area (Å²) >= 11 is 0. The molecule has 0 aliphatic carbocycles. The van der Waals surface area contributed by atoms with Crippen molar-refractivity contribution in [3.63, 3.8) is 0 Å². The predicted molar refractivity (Wildman–Crippen MR) is 71.9 cm³/mol. The predicted octanol–water partition coefficient (Wildman–Crippen LogP) is 2.42. The number of hydrogen-bond donors (Lipinski definition) is 0. The second kappa shape index (κ2) is 5.92. The van der Waals surface area contributed by atoms with Crippen LogP contribution < -0.4 is 4.74 Å². The molecule has 0 fully saturated rings. The van der Waals surface area contributed by atoms with Gasteiger partial charge in [0.25, 0.3) is 0 Å². The summed E-state index contributed by atoms with van der Waals surface area (Å²) in [4.78, 5) is 26.6. The molecule has 0 amide bonds. The number of rotatable bonds is 5. The molecule has 20 heavy (non-hydrogen) atoms. The molecule has 0 aliphatic heterocycles. The van der Waals surface area contributed by atoms with E-state index in [1.54, 1.807) is 30.6 Å². The highest BCUT2D eigenvalue weighted by atomic mass is 16.6. The Morgan fingerprint density at radius 3 is 2.75 bits per heavy atom. The van der Waals surface area contributed by atoms with E-state index in [0.29, 0.717) is 5.56 Å². The highest BCUT2D eigenvalue weighted by Gasteiger charge is 2.25. The van der Waals surface area contributed by atoms with Crippen molar-refractivity contribution in [3.8, 4) is 5.75 Å². The minimum atomic E-state index is -0.602. The number of hydrogen-bond acceptors (Lipinski definition) is 5. The summed E-state index contributed by atoms with van der Waals surface area (Å²) in [5, 5.41) is 11.1. The van der Waals surface area contributed by atoms with Crippen LogP contribution in [0.2, 0.25) is 0 Å². The number of nitro groups is 1. The smallest absolute Gasteiger partial charge is 0.321 e. The lowest BCUT2D eigenvalue weighted by Gasteiger charge is -2.06. The summed E-state index contributed by atoms with van der Waals surface area (Å²) in [6.07, 6.45) is 3.22. The number of carbonyl (C=O) groups is 1. The molecule has 0 saturated carbocycles. The van der Waals surface area contributed by atoms with Crippen molar-refractivity contribution in [1.82, 2.24) is 4.98 Å². The third-order valence-electron chi connectivity index (χ3n) is 2.79. The fourth-order valence-corrected chi connectivity index (χ4v) is 1.88. The van der Waals surface area contributed by atoms with E-state index >= 15 is 0 Å². The first-order valence-electron chi connectivity index (χ1n) is 5.87. The summed E-state index contributed by atoms with van der Waals surface area (Å²) in [6.45, 7) is 0. The van der Waals surface area contributed by atoms with Crippen LogP contribution in [0.3, 0.4) is 0 Å². The zero-order valence-corrected chi connectivity index (χ0v) is 10.8. The minimum Gasteiger partial charge on any atom is -0.490 e. The number of benzene rings is 1. The number of nitro benzene ring substituents is 1. The first-order valence-corrected chi connectivity index (χ1v) is 5.87. The molecule has 0 N–H and O–H groups in total. The van der Waals surface area contributed by atoms with Gasteiger partial charge in [0.05, 0.1) is 17.6 Å². The number of aromatic nitrogens is 1. The number of nitrogens with zero attached hydrogens (tertiary/aromatic N) is 2. The molecule has 6 nitrogen and oxygen atoms in total. The Labute approximate surface area is 115 Å². The number of ether oxygens (including phenoxy) is 1. The van der Waals surface area contributed by atoms with Crippen LogP contribution in [0, 0.1) is 10.1 Å². The molecular formula is C14H12N2O4. The SMILES string of the molecule is COc1cccc(C(=O)Cc2cccnc2)c1[N+](=O)[O-]. The van der Waals surface area contributed by atoms with Crippen LogP contribution in [0.25, 0.3) is 0 Å². The number of pyridine rings is 1. The van der Waals surface area contributed by atoms with E-state index in [0.717, 1.165) is 0 Å². The van der Waals surface area contributed by atoms with Crippen LogP contribution in [0.5, 0.6) is 5.75 Å². The van der Waals surface area contributed by atoms with Crippen molar-refractivity contribution in [3.05, 3.63) is 64.0 Å². The number of Topliss-reactive ketones (excluding diaryl/α,β-unsaturated/α-hetero) is 1. The van der Waals surface area contributed by atoms with Crippen molar-refractivity contribution in [2.24, 2.45) is 0 Å². The lowest BCUT2D eigenvalue weighted by molar-refractivity contribution is -0.386. The van der Waals surface area contributed by atoms with Gasteiger partial charge in [0.15, 0.2) is 11.5 Å². The maximum Gasteiger partial charge on any atom is 0.321 e. The Balaban J connectivity index is 2.37. The molecule has 6 heteroatoms. The first kappa shape index (κ1) is 13.7. The van der Waals surface area contributed by atoms with Gasteiger partial charge in [0, 0.05) is 18.8 Å². The van der Waals surface area contributed by atoms with E-state index in [4.69, 9.17) is 4.74 Å². The molecule has 0 radical (unpaired) electrons. The molecule has 1 aromatic heterocycles. The zero-order valence-electron chi connectivity index (χ0n) is 10.8. The standard InChI is InChI=1S/C14H12N2O4/c1-20-13-6-2-5-11(14(13)16(18)19)12(17)8-10-4-3-7-15-9-10/h2-7,9H,8H2,1H3. The summed E-state index contributed by atoms with van der Waals surface area (Å²) in [5.41, 5.74) is 0.441. The zero-order chi connectivity index (χ0) is 14.5. The van der Waals surface area contributed by atoms with Gasteiger partial charge < -0.3 is 4.74 Å². The molecule has 0 spiro atoms. The van der Waals surface area contributed by atoms with Crippen molar-refractivity contribution in [2.45, 2.75) is 6.42 Å². The van der Waals surface area contributed by atoms with Crippen LogP contribution >= 0.6 is 0 Å². The van der Waals surface area contributed by atoms with Crippen LogP contribution in [-0.4, -0.2) is 22.8 Å². The van der Waals surface area contributed by atoms with Gasteiger partial charge in [0.1, 0.15) is 0 Å². The van der Waals surface area contributed by atoms with Crippen LogP contribution in [0.1, 0.15) is 15.9 Å². The highest BCUT2D eigenvalue weighted by molar-refractivity contribution is 6.01. The maximum atomic E-state index is 12.2. The summed E-state index contributed by atoms with van der Waals surface area (Å²) in [5.74, 6) is -0.268. The van der Waals surface area contributed by atoms with Crippen molar-refractivity contribution < 1.29 is 14.5 Å². The van der Waals surface area contributed by atoms with E-state index in [2.05, 4.69) is 4.98 Å². The van der Waals surface area contributed by atoms with Crippen LogP contribution in [0.15, 0.2) is 42.7 Å². The molecule has 1 aromatic carbocycles. The van der Waals surface area contributed by atoms with Crippen LogP contribution in [-0.2, 0) is 6.42 Å². The number of para-hydroxylation sites is 1. The van der Waals surface area contributed by atoms with E-state index in [1.165, 1.54) is 19.2 Å². The molecule has 1 heterocycles. The number of carbonyl (C=O) groups excluding carboxylic acids is 1. The van der Waals surface area contributed by atoms with Gasteiger partial charge in [-0.3, -0.25) is 19.9 Å². The minimum absolute atomic E-state index is 0.0400. The van der Waals surface area contributed by atoms with E-state index in [1.807, 2.05) is 0 Å². The third-order valence-corrected chi connectivity index (χ3v) is 2.79. The van der Waals surface area contributed by atoms with E-state index in [-0.39, 0.29) is 29.2 Å². The Hall–Kier alpha value is -2.76. The van der Waals surface area contributed by atoms with Gasteiger partial charge in [-0.25, -0.2) is 0 Å². The largest absolute Gasteiger partial charge is 0.490 e. The molecule has 2 aromatic rings. The van der Waals surface area contributed by atoms with E-state index < -0.39 is 4.92 Å². The van der Waals surface area contributed by atoms with E-state index in [9.17, 15) is 14.9 Å². The first-order chi connectivity index (χ1) is 9.63. The fourth-order valence-electron chi connectivity index (χ4n) is 1.88. The third kappa shape index (κ3) is 2.80. The van der Waals surface area contributed by atoms with Gasteiger partial charge in [-0.15, -0.1) is 0 Å². The average molecular weight is 272 g/mol. The summed E-state index contributed by atoms with van der Waals surface area (Å²) in [7, 11) is 1.33. The Morgan fingerprint density at radius 1 is 1.35 bits per heavy atom. The Kier molecular flexibility index (Phi) is 4.05. The topological polar surface area (TPSA) is 82.3 Å². The van der Waals surface area contributed by atoms with Gasteiger partial charge in [-0.2, -0.15) is 0 Å². The van der Waals surface area contributed by atoms with Crippen molar-refractivity contribution in [2.75, 3.05) is 7.11 Å². The second-order valence-corrected chi connectivity index (χ2v) is 4.07. The molecule has 0 unspecified atom stereocenters. The summed E-state index contributed by atoms with van der Waals surface area (Å²) in [6, 6.07) is 7.90. The van der Waals surface area contributed by atoms with Gasteiger partial charge >= 0.3 is 5.69 Å². The lowest BCUT2D eigenvalue weighted by Crippen LogP contribution is -2.08. The van der Waals surface area contributed by atoms with Gasteiger partial charge in [0.2, 0.25) is 0 Å². The molecule has 0 saturated heterocycles. The molecule has 0 bridgehead atoms. The van der Waals surface area contributed by atoms with Crippen LogP contribution in [0.4, 0.5) is 5.69 Å². The van der Waals surface area contributed by atoms with Crippen molar-refractivity contribution in [1.29, 1.82) is 0 Å². The molecule has 102 valence electrons. The number of methoxy groups -OCH3 is 1.